The topological polar surface area (TPSA) is 22.8 Å². The molecule has 16 rings (SSSR count). The molecule has 0 spiro atoms. The van der Waals surface area contributed by atoms with E-state index in [0.29, 0.717) is 0 Å². The number of para-hydroxylation sites is 1. The minimum Gasteiger partial charge on any atom is -0.309 e. The third-order valence-corrected chi connectivity index (χ3v) is 16.0. The van der Waals surface area contributed by atoms with Gasteiger partial charge in [-0.15, -0.1) is 0 Å². The fourth-order valence-electron chi connectivity index (χ4n) is 12.4. The van der Waals surface area contributed by atoms with Crippen LogP contribution in [0.15, 0.2) is 235 Å². The summed E-state index contributed by atoms with van der Waals surface area (Å²) in [4.78, 5) is 4.60. The Hall–Kier alpha value is -8.83. The highest BCUT2D eigenvalue weighted by atomic mass is 79.9. The molecular formula is C67H38BrN3. The molecule has 3 nitrogen and oxygen atoms in total. The van der Waals surface area contributed by atoms with Gasteiger partial charge in [0.2, 0.25) is 0 Å². The quantitative estimate of drug-likeness (QED) is 0.169. The zero-order valence-electron chi connectivity index (χ0n) is 38.2. The molecule has 0 saturated carbocycles. The van der Waals surface area contributed by atoms with Crippen LogP contribution in [-0.2, 0) is 0 Å². The van der Waals surface area contributed by atoms with Crippen LogP contribution in [0, 0.1) is 0 Å². The lowest BCUT2D eigenvalue weighted by Crippen LogP contribution is -1.94. The highest BCUT2D eigenvalue weighted by Crippen LogP contribution is 2.54. The number of fused-ring (bicyclic) bond motifs is 14. The van der Waals surface area contributed by atoms with Crippen molar-refractivity contribution in [3.8, 4) is 89.4 Å². The van der Waals surface area contributed by atoms with Crippen molar-refractivity contribution in [2.45, 2.75) is 0 Å². The van der Waals surface area contributed by atoms with Crippen molar-refractivity contribution >= 4 is 81.1 Å². The molecule has 0 amide bonds. The van der Waals surface area contributed by atoms with Crippen molar-refractivity contribution in [2.75, 3.05) is 0 Å². The van der Waals surface area contributed by atoms with Crippen molar-refractivity contribution in [2.24, 2.45) is 0 Å². The lowest BCUT2D eigenvalue weighted by Gasteiger charge is -2.13. The number of benzene rings is 11. The van der Waals surface area contributed by atoms with Gasteiger partial charge in [-0.25, -0.2) is 0 Å². The predicted molar refractivity (Wildman–Crippen MR) is 301 cm³/mol. The fraction of sp³-hybridized carbons (Fsp3) is 0. The Morgan fingerprint density at radius 2 is 0.789 bits per heavy atom. The van der Waals surface area contributed by atoms with Gasteiger partial charge >= 0.3 is 0 Å². The molecule has 4 heteroatoms. The van der Waals surface area contributed by atoms with Gasteiger partial charge < -0.3 is 9.13 Å². The maximum absolute atomic E-state index is 4.60. The van der Waals surface area contributed by atoms with E-state index >= 15 is 0 Å². The molecule has 0 N–H and O–H groups in total. The Bertz CT molecular complexity index is 4600. The predicted octanol–water partition coefficient (Wildman–Crippen LogP) is 18.6. The summed E-state index contributed by atoms with van der Waals surface area (Å²) < 4.78 is 6.01. The van der Waals surface area contributed by atoms with Crippen molar-refractivity contribution < 1.29 is 0 Å². The van der Waals surface area contributed by atoms with E-state index < -0.39 is 0 Å². The number of hydrogen-bond donors (Lipinski definition) is 0. The first-order valence-corrected chi connectivity index (χ1v) is 25.1. The molecule has 71 heavy (non-hydrogen) atoms. The van der Waals surface area contributed by atoms with Crippen molar-refractivity contribution in [3.63, 3.8) is 0 Å². The third kappa shape index (κ3) is 5.51. The summed E-state index contributed by atoms with van der Waals surface area (Å²) >= 11 is 3.86. The van der Waals surface area contributed by atoms with E-state index in [0.717, 1.165) is 27.1 Å². The molecule has 3 heterocycles. The summed E-state index contributed by atoms with van der Waals surface area (Å²) in [5.74, 6) is 0. The van der Waals surface area contributed by atoms with Gasteiger partial charge in [0.1, 0.15) is 0 Å². The van der Waals surface area contributed by atoms with Crippen LogP contribution >= 0.6 is 15.9 Å². The number of rotatable bonds is 5. The van der Waals surface area contributed by atoms with Crippen molar-refractivity contribution in [1.82, 2.24) is 14.1 Å². The van der Waals surface area contributed by atoms with Gasteiger partial charge in [-0.3, -0.25) is 4.98 Å². The van der Waals surface area contributed by atoms with Gasteiger partial charge in [-0.1, -0.05) is 149 Å². The summed E-state index contributed by atoms with van der Waals surface area (Å²) in [5.41, 5.74) is 24.3. The average molecular weight is 965 g/mol. The van der Waals surface area contributed by atoms with Crippen LogP contribution in [0.5, 0.6) is 0 Å². The summed E-state index contributed by atoms with van der Waals surface area (Å²) in [6.07, 6.45) is 1.85. The monoisotopic (exact) mass is 963 g/mol. The number of nitrogens with zero attached hydrogens (tertiary/aromatic N) is 3. The smallest absolute Gasteiger partial charge is 0.0701 e. The second-order valence-corrected chi connectivity index (χ2v) is 20.1. The maximum Gasteiger partial charge on any atom is 0.0701 e. The molecule has 11 aromatic carbocycles. The lowest BCUT2D eigenvalue weighted by molar-refractivity contribution is 1.18. The zero-order valence-corrected chi connectivity index (χ0v) is 39.7. The molecule has 14 aromatic rings. The van der Waals surface area contributed by atoms with Gasteiger partial charge in [0.15, 0.2) is 0 Å². The van der Waals surface area contributed by atoms with Crippen LogP contribution in [-0.4, -0.2) is 14.1 Å². The molecule has 0 fully saturated rings. The minimum absolute atomic E-state index is 0.977. The molecule has 3 aromatic heterocycles. The molecule has 328 valence electrons. The van der Waals surface area contributed by atoms with Crippen LogP contribution in [0.4, 0.5) is 0 Å². The summed E-state index contributed by atoms with van der Waals surface area (Å²) in [7, 11) is 0. The summed E-state index contributed by atoms with van der Waals surface area (Å²) in [5, 5.41) is 10.3. The van der Waals surface area contributed by atoms with E-state index in [4.69, 9.17) is 0 Å². The Morgan fingerprint density at radius 3 is 1.48 bits per heavy atom. The highest BCUT2D eigenvalue weighted by Gasteiger charge is 2.28. The highest BCUT2D eigenvalue weighted by molar-refractivity contribution is 9.10. The van der Waals surface area contributed by atoms with E-state index in [-0.39, 0.29) is 0 Å². The molecule has 0 saturated heterocycles. The Labute approximate surface area is 417 Å². The lowest BCUT2D eigenvalue weighted by atomic mass is 9.93. The van der Waals surface area contributed by atoms with E-state index in [2.05, 4.69) is 242 Å². The van der Waals surface area contributed by atoms with Gasteiger partial charge in [0.25, 0.3) is 0 Å². The van der Waals surface area contributed by atoms with Crippen LogP contribution < -0.4 is 0 Å². The largest absolute Gasteiger partial charge is 0.309 e. The number of halogens is 1. The van der Waals surface area contributed by atoms with Crippen molar-refractivity contribution in [3.05, 3.63) is 235 Å². The Balaban J connectivity index is 0.907. The van der Waals surface area contributed by atoms with Gasteiger partial charge in [-0.05, 0) is 179 Å². The number of pyridine rings is 1. The first-order chi connectivity index (χ1) is 35.1. The van der Waals surface area contributed by atoms with Crippen LogP contribution in [0.3, 0.4) is 0 Å². The van der Waals surface area contributed by atoms with Crippen molar-refractivity contribution in [1.29, 1.82) is 0 Å². The molecule has 0 unspecified atom stereocenters. The van der Waals surface area contributed by atoms with Crippen LogP contribution in [0.1, 0.15) is 0 Å². The second kappa shape index (κ2) is 14.6. The first kappa shape index (κ1) is 39.1. The maximum atomic E-state index is 4.60. The molecule has 0 bridgehead atoms. The normalized spacial score (nSPS) is 12.3. The van der Waals surface area contributed by atoms with Gasteiger partial charge in [0, 0.05) is 49.2 Å². The Morgan fingerprint density at radius 1 is 0.282 bits per heavy atom. The summed E-state index contributed by atoms with van der Waals surface area (Å²) in [6.45, 7) is 0. The molecule has 2 aliphatic carbocycles. The van der Waals surface area contributed by atoms with E-state index in [1.807, 2.05) is 18.3 Å². The van der Waals surface area contributed by atoms with E-state index in [9.17, 15) is 0 Å². The Kier molecular flexibility index (Phi) is 8.03. The van der Waals surface area contributed by atoms with E-state index in [1.54, 1.807) is 0 Å². The minimum atomic E-state index is 0.977. The molecule has 2 aliphatic rings. The average Bonchev–Trinajstić information content (AvgIpc) is 4.15. The SMILES string of the molecule is Brc1ccc2c(c1)c1c3cc(-c4ccc(-n5c6ccc(-c7ccc(-c8ccccn8)cc7)cc6c6c7cccc8c7c(cc65)-c5ccccc5-8)cc4)cc4c3c(cc1n2-c1ccccc1)-c1ccccc1-4. The zero-order chi connectivity index (χ0) is 46.5. The first-order valence-electron chi connectivity index (χ1n) is 24.3. The molecule has 0 radical (unpaired) electrons. The van der Waals surface area contributed by atoms with E-state index in [1.165, 1.54) is 132 Å². The number of aromatic nitrogens is 3. The molecule has 0 aliphatic heterocycles. The fourth-order valence-corrected chi connectivity index (χ4v) is 12.8. The number of hydrogen-bond acceptors (Lipinski definition) is 1. The molecular weight excluding hydrogens is 927 g/mol. The van der Waals surface area contributed by atoms with Gasteiger partial charge in [0.05, 0.1) is 27.8 Å². The molecule has 0 atom stereocenters. The van der Waals surface area contributed by atoms with Gasteiger partial charge in [-0.2, -0.15) is 0 Å². The third-order valence-electron chi connectivity index (χ3n) is 15.5. The van der Waals surface area contributed by atoms with Crippen LogP contribution in [0.25, 0.3) is 155 Å². The standard InChI is InChI=1S/C67H38BrN3/c68-44-27-31-61-57(36-44)67-58-35-43(34-53-49-15-6-7-16-50(49)55(65(53)58)38-63(67)70(61)45-11-2-1-3-12-45)40-24-28-46(29-25-40)71-60-30-26-42(39-20-22-41(23-21-39)59-19-8-9-32-69-59)33-56(60)66-52-18-10-17-51-47-13-4-5-14-48(47)54(64(51)52)37-62(66)71/h1-38H. The summed E-state index contributed by atoms with van der Waals surface area (Å²) in [6, 6.07) is 83.2. The second-order valence-electron chi connectivity index (χ2n) is 19.1. The van der Waals surface area contributed by atoms with Crippen LogP contribution in [0.2, 0.25) is 0 Å².